The molecule has 6 nitrogen and oxygen atoms in total. The fraction of sp³-hybridized carbons (Fsp3) is 0.235. The Labute approximate surface area is 146 Å². The summed E-state index contributed by atoms with van der Waals surface area (Å²) in [6, 6.07) is 10.9. The molecule has 9 heteroatoms. The Balaban J connectivity index is 1.93. The number of carbonyl (C=O) groups is 1. The first-order chi connectivity index (χ1) is 12.1. The van der Waals surface area contributed by atoms with Gasteiger partial charge in [0.05, 0.1) is 11.3 Å². The normalized spacial score (nSPS) is 11.1. The molecule has 0 saturated heterocycles. The molecule has 2 aromatic rings. The van der Waals surface area contributed by atoms with Crippen molar-refractivity contribution in [2.24, 2.45) is 0 Å². The first-order valence-corrected chi connectivity index (χ1v) is 7.46. The number of rotatable bonds is 6. The average molecular weight is 368 g/mol. The van der Waals surface area contributed by atoms with Gasteiger partial charge in [0.25, 0.3) is 5.69 Å². The van der Waals surface area contributed by atoms with Gasteiger partial charge in [0.15, 0.2) is 0 Å². The number of alkyl halides is 3. The zero-order chi connectivity index (χ0) is 19.3. The maximum atomic E-state index is 12.2. The van der Waals surface area contributed by atoms with Crippen LogP contribution in [0.5, 0.6) is 5.75 Å². The Morgan fingerprint density at radius 3 is 2.12 bits per heavy atom. The molecule has 0 N–H and O–H groups in total. The molecule has 0 saturated carbocycles. The fourth-order valence-electron chi connectivity index (χ4n) is 2.20. The second kappa shape index (κ2) is 7.85. The zero-order valence-electron chi connectivity index (χ0n) is 13.7. The lowest BCUT2D eigenvalue weighted by molar-refractivity contribution is -0.384. The Morgan fingerprint density at radius 2 is 1.62 bits per heavy atom. The zero-order valence-corrected chi connectivity index (χ0v) is 13.7. The number of hydrogen-bond acceptors (Lipinski definition) is 4. The van der Waals surface area contributed by atoms with Gasteiger partial charge in [0.1, 0.15) is 5.75 Å². The highest BCUT2D eigenvalue weighted by molar-refractivity contribution is 5.78. The summed E-state index contributed by atoms with van der Waals surface area (Å²) in [5.74, 6) is -0.560. The van der Waals surface area contributed by atoms with Gasteiger partial charge >= 0.3 is 6.36 Å². The van der Waals surface area contributed by atoms with E-state index in [1.165, 1.54) is 53.4 Å². The molecule has 0 atom stereocenters. The van der Waals surface area contributed by atoms with Crippen LogP contribution in [0.4, 0.5) is 18.9 Å². The minimum atomic E-state index is -4.75. The van der Waals surface area contributed by atoms with Crippen LogP contribution in [-0.4, -0.2) is 29.1 Å². The number of halogens is 3. The number of hydrogen-bond donors (Lipinski definition) is 0. The van der Waals surface area contributed by atoms with Crippen molar-refractivity contribution in [3.8, 4) is 5.75 Å². The average Bonchev–Trinajstić information content (AvgIpc) is 2.55. The highest BCUT2D eigenvalue weighted by atomic mass is 19.4. The molecule has 0 radical (unpaired) electrons. The Morgan fingerprint density at radius 1 is 1.08 bits per heavy atom. The van der Waals surface area contributed by atoms with Crippen molar-refractivity contribution in [2.45, 2.75) is 19.3 Å². The van der Waals surface area contributed by atoms with Crippen LogP contribution < -0.4 is 4.74 Å². The highest BCUT2D eigenvalue weighted by Gasteiger charge is 2.30. The smallest absolute Gasteiger partial charge is 0.406 e. The third-order valence-electron chi connectivity index (χ3n) is 3.50. The Hall–Kier alpha value is -3.10. The van der Waals surface area contributed by atoms with Crippen LogP contribution in [-0.2, 0) is 17.8 Å². The van der Waals surface area contributed by atoms with Crippen LogP contribution in [0.1, 0.15) is 11.1 Å². The van der Waals surface area contributed by atoms with E-state index < -0.39 is 11.3 Å². The molecule has 0 unspecified atom stereocenters. The number of benzene rings is 2. The molecule has 2 rings (SSSR count). The molecule has 0 spiro atoms. The van der Waals surface area contributed by atoms with Crippen molar-refractivity contribution >= 4 is 11.6 Å². The van der Waals surface area contributed by atoms with Gasteiger partial charge in [0, 0.05) is 25.7 Å². The van der Waals surface area contributed by atoms with E-state index in [2.05, 4.69) is 4.74 Å². The van der Waals surface area contributed by atoms with Crippen molar-refractivity contribution in [2.75, 3.05) is 7.05 Å². The van der Waals surface area contributed by atoms with E-state index >= 15 is 0 Å². The van der Waals surface area contributed by atoms with E-state index in [1.54, 1.807) is 7.05 Å². The summed E-state index contributed by atoms with van der Waals surface area (Å²) in [4.78, 5) is 23.7. The molecule has 138 valence electrons. The molecule has 0 heterocycles. The highest BCUT2D eigenvalue weighted by Crippen LogP contribution is 2.23. The van der Waals surface area contributed by atoms with Crippen LogP contribution in [0.2, 0.25) is 0 Å². The molecule has 1 amide bonds. The predicted molar refractivity (Wildman–Crippen MR) is 86.4 cm³/mol. The standard InChI is InChI=1S/C17H15F3N2O4/c1-21(11-13-4-8-15(9-5-13)26-17(18,19)20)16(23)10-12-2-6-14(7-3-12)22(24)25/h2-9H,10-11H2,1H3. The molecule has 26 heavy (non-hydrogen) atoms. The first kappa shape index (κ1) is 19.2. The Bertz CT molecular complexity index is 774. The number of nitro benzene ring substituents is 1. The largest absolute Gasteiger partial charge is 0.573 e. The van der Waals surface area contributed by atoms with E-state index in [0.717, 1.165) is 0 Å². The number of carbonyl (C=O) groups excluding carboxylic acids is 1. The number of nitrogens with zero attached hydrogens (tertiary/aromatic N) is 2. The van der Waals surface area contributed by atoms with E-state index in [1.807, 2.05) is 0 Å². The molecule has 0 fully saturated rings. The monoisotopic (exact) mass is 368 g/mol. The maximum absolute atomic E-state index is 12.2. The topological polar surface area (TPSA) is 72.7 Å². The molecular formula is C17H15F3N2O4. The van der Waals surface area contributed by atoms with E-state index in [4.69, 9.17) is 0 Å². The van der Waals surface area contributed by atoms with E-state index in [9.17, 15) is 28.1 Å². The molecule has 0 aromatic heterocycles. The van der Waals surface area contributed by atoms with Crippen LogP contribution in [0, 0.1) is 10.1 Å². The van der Waals surface area contributed by atoms with Crippen molar-refractivity contribution in [1.82, 2.24) is 4.90 Å². The van der Waals surface area contributed by atoms with Gasteiger partial charge in [-0.05, 0) is 23.3 Å². The Kier molecular flexibility index (Phi) is 5.81. The fourth-order valence-corrected chi connectivity index (χ4v) is 2.20. The van der Waals surface area contributed by atoms with Crippen LogP contribution in [0.3, 0.4) is 0 Å². The van der Waals surface area contributed by atoms with Gasteiger partial charge in [0.2, 0.25) is 5.91 Å². The summed E-state index contributed by atoms with van der Waals surface area (Å²) in [6.07, 6.45) is -4.69. The second-order valence-electron chi connectivity index (χ2n) is 5.54. The summed E-state index contributed by atoms with van der Waals surface area (Å²) in [5, 5.41) is 10.6. The lowest BCUT2D eigenvalue weighted by Gasteiger charge is -2.18. The SMILES string of the molecule is CN(Cc1ccc(OC(F)(F)F)cc1)C(=O)Cc1ccc([N+](=O)[O-])cc1. The van der Waals surface area contributed by atoms with Gasteiger partial charge in [-0.15, -0.1) is 13.2 Å². The van der Waals surface area contributed by atoms with Gasteiger partial charge in [-0.1, -0.05) is 24.3 Å². The lowest BCUT2D eigenvalue weighted by atomic mass is 10.1. The number of ether oxygens (including phenoxy) is 1. The third-order valence-corrected chi connectivity index (χ3v) is 3.50. The third kappa shape index (κ3) is 5.76. The lowest BCUT2D eigenvalue weighted by Crippen LogP contribution is -2.27. The maximum Gasteiger partial charge on any atom is 0.573 e. The molecule has 0 aliphatic carbocycles. The predicted octanol–water partition coefficient (Wildman–Crippen LogP) is 3.69. The van der Waals surface area contributed by atoms with Gasteiger partial charge in [-0.2, -0.15) is 0 Å². The summed E-state index contributed by atoms with van der Waals surface area (Å²) in [6.45, 7) is 0.206. The van der Waals surface area contributed by atoms with Crippen molar-refractivity contribution in [3.63, 3.8) is 0 Å². The van der Waals surface area contributed by atoms with Crippen LogP contribution in [0.15, 0.2) is 48.5 Å². The van der Waals surface area contributed by atoms with Crippen molar-refractivity contribution in [1.29, 1.82) is 0 Å². The minimum absolute atomic E-state index is 0.0593. The minimum Gasteiger partial charge on any atom is -0.406 e. The summed E-state index contributed by atoms with van der Waals surface area (Å²) >= 11 is 0. The molecule has 0 bridgehead atoms. The number of likely N-dealkylation sites (N-methyl/N-ethyl adjacent to an activating group) is 1. The van der Waals surface area contributed by atoms with Crippen LogP contribution >= 0.6 is 0 Å². The summed E-state index contributed by atoms with van der Waals surface area (Å²) < 4.78 is 40.2. The summed E-state index contributed by atoms with van der Waals surface area (Å²) in [5.41, 5.74) is 1.20. The molecular weight excluding hydrogens is 353 g/mol. The number of non-ortho nitro benzene ring substituents is 1. The van der Waals surface area contributed by atoms with Gasteiger partial charge in [-0.3, -0.25) is 14.9 Å². The summed E-state index contributed by atoms with van der Waals surface area (Å²) in [7, 11) is 1.56. The van der Waals surface area contributed by atoms with Crippen molar-refractivity contribution < 1.29 is 27.6 Å². The first-order valence-electron chi connectivity index (χ1n) is 7.46. The molecule has 0 aliphatic rings. The number of amides is 1. The molecule has 2 aromatic carbocycles. The van der Waals surface area contributed by atoms with Gasteiger partial charge < -0.3 is 9.64 Å². The van der Waals surface area contributed by atoms with E-state index in [-0.39, 0.29) is 30.3 Å². The molecule has 0 aliphatic heterocycles. The van der Waals surface area contributed by atoms with Crippen molar-refractivity contribution in [3.05, 3.63) is 69.8 Å². The van der Waals surface area contributed by atoms with Crippen LogP contribution in [0.25, 0.3) is 0 Å². The quantitative estimate of drug-likeness (QED) is 0.576. The second-order valence-corrected chi connectivity index (χ2v) is 5.54. The van der Waals surface area contributed by atoms with E-state index in [0.29, 0.717) is 11.1 Å². The van der Waals surface area contributed by atoms with Gasteiger partial charge in [-0.25, -0.2) is 0 Å². The number of nitro groups is 1.